The summed E-state index contributed by atoms with van der Waals surface area (Å²) in [5.74, 6) is 0.160. The zero-order valence-corrected chi connectivity index (χ0v) is 25.2. The van der Waals surface area contributed by atoms with Gasteiger partial charge in [0.2, 0.25) is 10.0 Å². The number of sulfonamides is 1. The summed E-state index contributed by atoms with van der Waals surface area (Å²) in [5, 5.41) is 13.4. The number of rotatable bonds is 11. The first-order valence-electron chi connectivity index (χ1n) is 13.6. The quantitative estimate of drug-likeness (QED) is 0.149. The molecule has 5 rings (SSSR count). The number of fused-ring (bicyclic) bond motifs is 1. The van der Waals surface area contributed by atoms with Crippen LogP contribution >= 0.6 is 11.3 Å². The third-order valence-electron chi connectivity index (χ3n) is 6.58. The first kappa shape index (κ1) is 30.1. The first-order valence-corrected chi connectivity index (χ1v) is 15.9. The van der Waals surface area contributed by atoms with Crippen LogP contribution in [0.3, 0.4) is 0 Å². The summed E-state index contributed by atoms with van der Waals surface area (Å²) in [6, 6.07) is 18.5. The summed E-state index contributed by atoms with van der Waals surface area (Å²) in [5.41, 5.74) is 2.11. The van der Waals surface area contributed by atoms with Crippen molar-refractivity contribution in [2.45, 2.75) is 38.1 Å². The number of nitrogens with zero attached hydrogens (tertiary/aromatic N) is 2. The highest BCUT2D eigenvalue weighted by Gasteiger charge is 2.23. The summed E-state index contributed by atoms with van der Waals surface area (Å²) >= 11 is 1.45. The molecule has 0 unspecified atom stereocenters. The maximum atomic E-state index is 13.4. The van der Waals surface area contributed by atoms with Crippen LogP contribution < -0.4 is 14.8 Å². The van der Waals surface area contributed by atoms with E-state index in [-0.39, 0.29) is 23.1 Å². The molecule has 0 aliphatic carbocycles. The van der Waals surface area contributed by atoms with Gasteiger partial charge in [-0.25, -0.2) is 27.5 Å². The molecule has 0 saturated carbocycles. The monoisotopic (exact) mass is 620 g/mol. The predicted molar refractivity (Wildman–Crippen MR) is 166 cm³/mol. The Morgan fingerprint density at radius 2 is 1.72 bits per heavy atom. The van der Waals surface area contributed by atoms with Gasteiger partial charge >= 0.3 is 5.97 Å². The Morgan fingerprint density at radius 3 is 2.42 bits per heavy atom. The largest absolute Gasteiger partial charge is 0.480 e. The standard InChI is InChI=1S/C31H29FN4O5S2/c1-4-25-26(19-8-6-10-23(16-19)41-22-14-12-21(32)13-15-22)27-29(34-18(3)31(37)38)35-28(36-30(27)42-25)20-9-7-11-24(17-20)43(39,40)33-5-2/h6-18,33H,4-5H2,1-3H3,(H,37,38)(H,34,35,36)/t18-/m1/s1. The third-order valence-corrected chi connectivity index (χ3v) is 9.35. The topological polar surface area (TPSA) is 131 Å². The molecule has 3 aromatic carbocycles. The summed E-state index contributed by atoms with van der Waals surface area (Å²) in [4.78, 5) is 23.1. The molecule has 43 heavy (non-hydrogen) atoms. The van der Waals surface area contributed by atoms with Gasteiger partial charge in [-0.1, -0.05) is 38.1 Å². The molecule has 0 fully saturated rings. The molecule has 2 aromatic heterocycles. The molecule has 0 aliphatic rings. The van der Waals surface area contributed by atoms with Crippen molar-refractivity contribution in [3.8, 4) is 34.0 Å². The second kappa shape index (κ2) is 12.5. The number of carbonyl (C=O) groups is 1. The van der Waals surface area contributed by atoms with Crippen LogP contribution in [-0.4, -0.2) is 42.0 Å². The van der Waals surface area contributed by atoms with Gasteiger partial charge in [-0.3, -0.25) is 4.79 Å². The number of nitrogens with one attached hydrogen (secondary N) is 2. The number of aryl methyl sites for hydroxylation is 1. The summed E-state index contributed by atoms with van der Waals surface area (Å²) < 4.78 is 47.2. The second-order valence-electron chi connectivity index (χ2n) is 9.65. The van der Waals surface area contributed by atoms with E-state index >= 15 is 0 Å². The molecule has 9 nitrogen and oxygen atoms in total. The number of anilines is 1. The maximum Gasteiger partial charge on any atom is 0.325 e. The smallest absolute Gasteiger partial charge is 0.325 e. The SMILES string of the molecule is CCNS(=O)(=O)c1cccc(-c2nc(N[C@H](C)C(=O)O)c3c(-c4cccc(Oc5ccc(F)cc5)c4)c(CC)sc3n2)c1. The highest BCUT2D eigenvalue weighted by Crippen LogP contribution is 2.43. The van der Waals surface area contributed by atoms with Crippen LogP contribution in [0.1, 0.15) is 25.6 Å². The highest BCUT2D eigenvalue weighted by atomic mass is 32.2. The molecular formula is C31H29FN4O5S2. The number of ether oxygens (including phenoxy) is 1. The normalized spacial score (nSPS) is 12.3. The Hall–Kier alpha value is -4.39. The van der Waals surface area contributed by atoms with Crippen LogP contribution in [-0.2, 0) is 21.2 Å². The number of hydrogen-bond donors (Lipinski definition) is 3. The van der Waals surface area contributed by atoms with E-state index in [4.69, 9.17) is 14.7 Å². The molecular weight excluding hydrogens is 591 g/mol. The van der Waals surface area contributed by atoms with Crippen molar-refractivity contribution in [1.29, 1.82) is 0 Å². The lowest BCUT2D eigenvalue weighted by atomic mass is 10.0. The zero-order valence-electron chi connectivity index (χ0n) is 23.6. The van der Waals surface area contributed by atoms with E-state index in [0.717, 1.165) is 16.0 Å². The van der Waals surface area contributed by atoms with E-state index in [0.29, 0.717) is 39.5 Å². The van der Waals surface area contributed by atoms with Crippen LogP contribution in [0.15, 0.2) is 77.7 Å². The molecule has 0 amide bonds. The minimum Gasteiger partial charge on any atom is -0.480 e. The number of hydrogen-bond acceptors (Lipinski definition) is 8. The average Bonchev–Trinajstić information content (AvgIpc) is 3.37. The summed E-state index contributed by atoms with van der Waals surface area (Å²) in [6.45, 7) is 5.47. The summed E-state index contributed by atoms with van der Waals surface area (Å²) in [6.07, 6.45) is 0.666. The van der Waals surface area contributed by atoms with Crippen LogP contribution in [0, 0.1) is 5.82 Å². The molecule has 0 bridgehead atoms. The van der Waals surface area contributed by atoms with E-state index in [1.165, 1.54) is 42.5 Å². The van der Waals surface area contributed by atoms with E-state index < -0.39 is 22.0 Å². The minimum absolute atomic E-state index is 0.0723. The second-order valence-corrected chi connectivity index (χ2v) is 12.5. The predicted octanol–water partition coefficient (Wildman–Crippen LogP) is 6.70. The van der Waals surface area contributed by atoms with Crippen molar-refractivity contribution < 1.29 is 27.4 Å². The average molecular weight is 621 g/mol. The number of carboxylic acids is 1. The molecule has 0 radical (unpaired) electrons. The molecule has 0 saturated heterocycles. The van der Waals surface area contributed by atoms with Gasteiger partial charge in [0, 0.05) is 22.5 Å². The van der Waals surface area contributed by atoms with Crippen molar-refractivity contribution >= 4 is 43.4 Å². The van der Waals surface area contributed by atoms with Gasteiger partial charge in [0.1, 0.15) is 34.0 Å². The fraction of sp³-hybridized carbons (Fsp3) is 0.194. The van der Waals surface area contributed by atoms with Crippen LogP contribution in [0.4, 0.5) is 10.2 Å². The van der Waals surface area contributed by atoms with Gasteiger partial charge in [0.25, 0.3) is 0 Å². The van der Waals surface area contributed by atoms with Gasteiger partial charge < -0.3 is 15.2 Å². The van der Waals surface area contributed by atoms with Gasteiger partial charge in [-0.2, -0.15) is 0 Å². The number of aliphatic carboxylic acids is 1. The molecule has 1 atom stereocenters. The van der Waals surface area contributed by atoms with Gasteiger partial charge in [-0.05, 0) is 67.4 Å². The molecule has 0 spiro atoms. The Bertz CT molecular complexity index is 1910. The third kappa shape index (κ3) is 6.51. The van der Waals surface area contributed by atoms with E-state index in [1.54, 1.807) is 37.3 Å². The van der Waals surface area contributed by atoms with Crippen molar-refractivity contribution in [2.75, 3.05) is 11.9 Å². The highest BCUT2D eigenvalue weighted by molar-refractivity contribution is 7.89. The maximum absolute atomic E-state index is 13.4. The Labute approximate surface area is 252 Å². The fourth-order valence-corrected chi connectivity index (χ4v) is 6.75. The van der Waals surface area contributed by atoms with Crippen LogP contribution in [0.25, 0.3) is 32.7 Å². The van der Waals surface area contributed by atoms with Crippen LogP contribution in [0.5, 0.6) is 11.5 Å². The van der Waals surface area contributed by atoms with Crippen molar-refractivity contribution in [1.82, 2.24) is 14.7 Å². The molecule has 222 valence electrons. The fourth-order valence-electron chi connectivity index (χ4n) is 4.53. The van der Waals surface area contributed by atoms with Crippen molar-refractivity contribution in [3.63, 3.8) is 0 Å². The van der Waals surface area contributed by atoms with Gasteiger partial charge in [0.05, 0.1) is 10.3 Å². The van der Waals surface area contributed by atoms with E-state index in [2.05, 4.69) is 10.0 Å². The Kier molecular flexibility index (Phi) is 8.71. The number of halogens is 1. The minimum atomic E-state index is -3.72. The zero-order chi connectivity index (χ0) is 30.7. The Morgan fingerprint density at radius 1 is 1.00 bits per heavy atom. The summed E-state index contributed by atoms with van der Waals surface area (Å²) in [7, 11) is -3.72. The van der Waals surface area contributed by atoms with Gasteiger partial charge in [-0.15, -0.1) is 11.3 Å². The number of benzene rings is 3. The number of carboxylic acid groups (broad SMARTS) is 1. The van der Waals surface area contributed by atoms with E-state index in [9.17, 15) is 22.7 Å². The van der Waals surface area contributed by atoms with E-state index in [1.807, 2.05) is 25.1 Å². The molecule has 3 N–H and O–H groups in total. The molecule has 2 heterocycles. The lowest BCUT2D eigenvalue weighted by molar-refractivity contribution is -0.137. The molecule has 5 aromatic rings. The van der Waals surface area contributed by atoms with Crippen LogP contribution in [0.2, 0.25) is 0 Å². The Balaban J connectivity index is 1.67. The van der Waals surface area contributed by atoms with Gasteiger partial charge in [0.15, 0.2) is 5.82 Å². The van der Waals surface area contributed by atoms with Crippen molar-refractivity contribution in [3.05, 3.63) is 83.5 Å². The molecule has 12 heteroatoms. The number of thiophene rings is 1. The number of aromatic nitrogens is 2. The lowest BCUT2D eigenvalue weighted by Gasteiger charge is -2.15. The molecule has 0 aliphatic heterocycles. The first-order chi connectivity index (χ1) is 20.6. The lowest BCUT2D eigenvalue weighted by Crippen LogP contribution is -2.26. The van der Waals surface area contributed by atoms with Crippen molar-refractivity contribution in [2.24, 2.45) is 0 Å².